The Morgan fingerprint density at radius 3 is 2.72 bits per heavy atom. The minimum Gasteiger partial charge on any atom is -0.406 e. The molecule has 1 aromatic carbocycles. The number of benzene rings is 1. The van der Waals surface area contributed by atoms with E-state index in [2.05, 4.69) is 15.5 Å². The van der Waals surface area contributed by atoms with Gasteiger partial charge in [0, 0.05) is 25.5 Å². The molecule has 0 aliphatic rings. The summed E-state index contributed by atoms with van der Waals surface area (Å²) in [6.07, 6.45) is 0. The lowest BCUT2D eigenvalue weighted by molar-refractivity contribution is 0.475. The van der Waals surface area contributed by atoms with Crippen molar-refractivity contribution in [2.75, 3.05) is 24.3 Å². The molecule has 6 heteroatoms. The molecule has 0 spiro atoms. The Kier molecular flexibility index (Phi) is 3.47. The largest absolute Gasteiger partial charge is 0.406 e. The fraction of sp³-hybridized carbons (Fsp3) is 0.333. The Hall–Kier alpha value is -2.08. The van der Waals surface area contributed by atoms with Crippen molar-refractivity contribution in [3.63, 3.8) is 0 Å². The van der Waals surface area contributed by atoms with Crippen LogP contribution in [0.3, 0.4) is 0 Å². The summed E-state index contributed by atoms with van der Waals surface area (Å²) in [6.45, 7) is 1.80. The number of hydrogen-bond donors (Lipinski definition) is 2. The molecule has 1 atom stereocenters. The highest BCUT2D eigenvalue weighted by Crippen LogP contribution is 2.21. The van der Waals surface area contributed by atoms with Gasteiger partial charge in [0.05, 0.1) is 6.04 Å². The minimum absolute atomic E-state index is 0.263. The molecule has 1 unspecified atom stereocenters. The Morgan fingerprint density at radius 1 is 1.33 bits per heavy atom. The predicted molar refractivity (Wildman–Crippen MR) is 71.0 cm³/mol. The monoisotopic (exact) mass is 247 g/mol. The molecule has 18 heavy (non-hydrogen) atoms. The second-order valence-electron chi connectivity index (χ2n) is 4.30. The van der Waals surface area contributed by atoms with E-state index in [1.54, 1.807) is 6.92 Å². The highest BCUT2D eigenvalue weighted by molar-refractivity contribution is 5.60. The highest BCUT2D eigenvalue weighted by atomic mass is 16.4. The van der Waals surface area contributed by atoms with Gasteiger partial charge in [-0.1, -0.05) is 11.2 Å². The van der Waals surface area contributed by atoms with E-state index in [-0.39, 0.29) is 6.04 Å². The number of nitrogens with zero attached hydrogens (tertiary/aromatic N) is 3. The molecular formula is C12H17N5O. The lowest BCUT2D eigenvalue weighted by atomic mass is 10.2. The molecule has 2 aromatic rings. The van der Waals surface area contributed by atoms with Crippen molar-refractivity contribution in [3.8, 4) is 0 Å². The average molecular weight is 247 g/mol. The van der Waals surface area contributed by atoms with Gasteiger partial charge in [0.1, 0.15) is 0 Å². The fourth-order valence-electron chi connectivity index (χ4n) is 1.45. The van der Waals surface area contributed by atoms with Crippen molar-refractivity contribution in [2.24, 2.45) is 5.73 Å². The summed E-state index contributed by atoms with van der Waals surface area (Å²) in [5, 5.41) is 10.8. The number of nitrogens with one attached hydrogen (secondary N) is 1. The summed E-state index contributed by atoms with van der Waals surface area (Å²) in [6, 6.07) is 7.99. The van der Waals surface area contributed by atoms with Gasteiger partial charge in [-0.2, -0.15) is 0 Å². The quantitative estimate of drug-likeness (QED) is 0.859. The first-order valence-electron chi connectivity index (χ1n) is 5.69. The van der Waals surface area contributed by atoms with E-state index < -0.39 is 0 Å². The highest BCUT2D eigenvalue weighted by Gasteiger charge is 2.09. The maximum absolute atomic E-state index is 5.65. The maximum Gasteiger partial charge on any atom is 0.320 e. The van der Waals surface area contributed by atoms with Crippen LogP contribution in [-0.4, -0.2) is 24.3 Å². The molecule has 0 aliphatic heterocycles. The third-order valence-corrected chi connectivity index (χ3v) is 2.44. The van der Waals surface area contributed by atoms with E-state index in [0.717, 1.165) is 11.4 Å². The van der Waals surface area contributed by atoms with Gasteiger partial charge in [0.25, 0.3) is 0 Å². The molecule has 1 aromatic heterocycles. The van der Waals surface area contributed by atoms with E-state index in [1.165, 1.54) is 0 Å². The second-order valence-corrected chi connectivity index (χ2v) is 4.30. The molecule has 0 radical (unpaired) electrons. The summed E-state index contributed by atoms with van der Waals surface area (Å²) in [4.78, 5) is 2.02. The Morgan fingerprint density at radius 2 is 2.11 bits per heavy atom. The molecule has 0 saturated heterocycles. The second kappa shape index (κ2) is 5.05. The van der Waals surface area contributed by atoms with Crippen LogP contribution in [0, 0.1) is 0 Å². The lowest BCUT2D eigenvalue weighted by Gasteiger charge is -2.13. The zero-order valence-electron chi connectivity index (χ0n) is 10.7. The fourth-order valence-corrected chi connectivity index (χ4v) is 1.45. The van der Waals surface area contributed by atoms with Gasteiger partial charge >= 0.3 is 6.01 Å². The van der Waals surface area contributed by atoms with E-state index >= 15 is 0 Å². The molecule has 1 heterocycles. The van der Waals surface area contributed by atoms with Crippen LogP contribution in [0.2, 0.25) is 0 Å². The molecule has 0 fully saturated rings. The van der Waals surface area contributed by atoms with Crippen LogP contribution in [0.5, 0.6) is 0 Å². The number of aromatic nitrogens is 2. The SMILES string of the molecule is CC(N)c1nnc(Nc2cccc(N(C)C)c2)o1. The van der Waals surface area contributed by atoms with Crippen molar-refractivity contribution >= 4 is 17.4 Å². The first kappa shape index (κ1) is 12.4. The number of rotatable bonds is 4. The molecule has 2 rings (SSSR count). The van der Waals surface area contributed by atoms with E-state index in [4.69, 9.17) is 10.2 Å². The van der Waals surface area contributed by atoms with Crippen molar-refractivity contribution in [3.05, 3.63) is 30.2 Å². The van der Waals surface area contributed by atoms with Gasteiger partial charge in [-0.25, -0.2) is 0 Å². The van der Waals surface area contributed by atoms with Crippen LogP contribution in [0.25, 0.3) is 0 Å². The van der Waals surface area contributed by atoms with Crippen LogP contribution in [0.4, 0.5) is 17.4 Å². The van der Waals surface area contributed by atoms with Crippen molar-refractivity contribution < 1.29 is 4.42 Å². The number of nitrogens with two attached hydrogens (primary N) is 1. The number of anilines is 3. The van der Waals surface area contributed by atoms with Crippen molar-refractivity contribution in [1.29, 1.82) is 0 Å². The van der Waals surface area contributed by atoms with Gasteiger partial charge in [-0.15, -0.1) is 5.10 Å². The minimum atomic E-state index is -0.263. The summed E-state index contributed by atoms with van der Waals surface area (Å²) in [5.41, 5.74) is 7.63. The predicted octanol–water partition coefficient (Wildman–Crippen LogP) is 1.90. The van der Waals surface area contributed by atoms with Crippen LogP contribution >= 0.6 is 0 Å². The van der Waals surface area contributed by atoms with E-state index in [1.807, 2.05) is 43.3 Å². The molecule has 0 saturated carbocycles. The Labute approximate surface area is 106 Å². The smallest absolute Gasteiger partial charge is 0.320 e. The maximum atomic E-state index is 5.65. The van der Waals surface area contributed by atoms with Crippen LogP contribution in [0.15, 0.2) is 28.7 Å². The molecule has 6 nitrogen and oxygen atoms in total. The summed E-state index contributed by atoms with van der Waals surface area (Å²) < 4.78 is 5.38. The van der Waals surface area contributed by atoms with Gasteiger partial charge in [-0.3, -0.25) is 0 Å². The van der Waals surface area contributed by atoms with E-state index in [9.17, 15) is 0 Å². The first-order valence-corrected chi connectivity index (χ1v) is 5.69. The molecule has 0 aliphatic carbocycles. The Balaban J connectivity index is 2.15. The van der Waals surface area contributed by atoms with Gasteiger partial charge in [-0.05, 0) is 25.1 Å². The summed E-state index contributed by atoms with van der Waals surface area (Å²) in [5.74, 6) is 0.418. The third-order valence-electron chi connectivity index (χ3n) is 2.44. The van der Waals surface area contributed by atoms with Crippen LogP contribution < -0.4 is 16.0 Å². The van der Waals surface area contributed by atoms with Crippen LogP contribution in [0.1, 0.15) is 18.9 Å². The molecule has 0 amide bonds. The molecule has 3 N–H and O–H groups in total. The zero-order valence-corrected chi connectivity index (χ0v) is 10.7. The molecular weight excluding hydrogens is 230 g/mol. The Bertz CT molecular complexity index is 521. The lowest BCUT2D eigenvalue weighted by Crippen LogP contribution is -2.08. The third kappa shape index (κ3) is 2.78. The van der Waals surface area contributed by atoms with Gasteiger partial charge in [0.2, 0.25) is 5.89 Å². The number of hydrogen-bond acceptors (Lipinski definition) is 6. The van der Waals surface area contributed by atoms with Gasteiger partial charge in [0.15, 0.2) is 0 Å². The van der Waals surface area contributed by atoms with Crippen molar-refractivity contribution in [1.82, 2.24) is 10.2 Å². The average Bonchev–Trinajstić information content (AvgIpc) is 2.78. The van der Waals surface area contributed by atoms with E-state index in [0.29, 0.717) is 11.9 Å². The first-order chi connectivity index (χ1) is 8.56. The van der Waals surface area contributed by atoms with Crippen molar-refractivity contribution in [2.45, 2.75) is 13.0 Å². The molecule has 96 valence electrons. The van der Waals surface area contributed by atoms with Crippen LogP contribution in [-0.2, 0) is 0 Å². The summed E-state index contributed by atoms with van der Waals surface area (Å²) >= 11 is 0. The normalized spacial score (nSPS) is 12.2. The molecule has 0 bridgehead atoms. The standard InChI is InChI=1S/C12H17N5O/c1-8(13)11-15-16-12(18-11)14-9-5-4-6-10(7-9)17(2)3/h4-8H,13H2,1-3H3,(H,14,16). The zero-order chi connectivity index (χ0) is 13.1. The van der Waals surface area contributed by atoms with Gasteiger partial charge < -0.3 is 20.4 Å². The summed E-state index contributed by atoms with van der Waals surface area (Å²) in [7, 11) is 3.97. The topological polar surface area (TPSA) is 80.2 Å².